The van der Waals surface area contributed by atoms with Crippen LogP contribution in [0.15, 0.2) is 212 Å². The van der Waals surface area contributed by atoms with Gasteiger partial charge in [0.05, 0.1) is 0 Å². The summed E-state index contributed by atoms with van der Waals surface area (Å²) in [6.07, 6.45) is 0. The van der Waals surface area contributed by atoms with Gasteiger partial charge in [0, 0.05) is 22.5 Å². The molecule has 0 saturated carbocycles. The van der Waals surface area contributed by atoms with Gasteiger partial charge in [-0.05, 0) is 120 Å². The lowest BCUT2D eigenvalue weighted by atomic mass is 9.79. The summed E-state index contributed by atoms with van der Waals surface area (Å²) in [5.41, 5.74) is 18.4. The van der Waals surface area contributed by atoms with Crippen molar-refractivity contribution in [3.63, 3.8) is 0 Å². The van der Waals surface area contributed by atoms with Crippen LogP contribution in [0, 0.1) is 0 Å². The van der Waals surface area contributed by atoms with Crippen LogP contribution in [-0.4, -0.2) is 0 Å². The molecule has 0 aromatic heterocycles. The smallest absolute Gasteiger partial charge is 0.0467 e. The molecule has 0 spiro atoms. The number of benzene rings is 9. The summed E-state index contributed by atoms with van der Waals surface area (Å²) < 4.78 is 0. The van der Waals surface area contributed by atoms with Crippen molar-refractivity contribution in [1.29, 1.82) is 0 Å². The third-order valence-corrected chi connectivity index (χ3v) is 11.6. The van der Waals surface area contributed by atoms with Crippen molar-refractivity contribution >= 4 is 27.8 Å². The fourth-order valence-electron chi connectivity index (χ4n) is 8.94. The molecule has 0 fully saturated rings. The van der Waals surface area contributed by atoms with E-state index in [0.717, 1.165) is 17.1 Å². The van der Waals surface area contributed by atoms with Crippen LogP contribution in [-0.2, 0) is 5.41 Å². The first-order chi connectivity index (χ1) is 27.5. The summed E-state index contributed by atoms with van der Waals surface area (Å²) in [5, 5.41) is 2.49. The quantitative estimate of drug-likeness (QED) is 0.159. The van der Waals surface area contributed by atoms with Gasteiger partial charge in [-0.25, -0.2) is 0 Å². The first-order valence-electron chi connectivity index (χ1n) is 19.5. The molecule has 0 unspecified atom stereocenters. The van der Waals surface area contributed by atoms with Gasteiger partial charge in [-0.2, -0.15) is 0 Å². The zero-order valence-electron chi connectivity index (χ0n) is 31.7. The fraction of sp³-hybridized carbons (Fsp3) is 0.0545. The van der Waals surface area contributed by atoms with Crippen molar-refractivity contribution in [2.24, 2.45) is 0 Å². The van der Waals surface area contributed by atoms with Crippen molar-refractivity contribution in [3.05, 3.63) is 223 Å². The Balaban J connectivity index is 1.10. The number of rotatable bonds is 7. The third-order valence-electron chi connectivity index (χ3n) is 11.6. The molecule has 1 aliphatic rings. The summed E-state index contributed by atoms with van der Waals surface area (Å²) in [4.78, 5) is 2.40. The van der Waals surface area contributed by atoms with E-state index in [9.17, 15) is 0 Å². The molecule has 1 aliphatic carbocycles. The Morgan fingerprint density at radius 3 is 1.57 bits per heavy atom. The zero-order valence-corrected chi connectivity index (χ0v) is 31.7. The van der Waals surface area contributed by atoms with Crippen LogP contribution in [0.25, 0.3) is 66.4 Å². The molecular weight excluding hydrogens is 675 g/mol. The van der Waals surface area contributed by atoms with Gasteiger partial charge >= 0.3 is 0 Å². The lowest BCUT2D eigenvalue weighted by molar-refractivity contribution is 0.662. The molecule has 0 saturated heterocycles. The largest absolute Gasteiger partial charge is 0.310 e. The Bertz CT molecular complexity index is 2880. The van der Waals surface area contributed by atoms with Gasteiger partial charge in [-0.3, -0.25) is 0 Å². The lowest BCUT2D eigenvalue weighted by Crippen LogP contribution is -2.16. The molecule has 0 amide bonds. The Labute approximate surface area is 329 Å². The summed E-state index contributed by atoms with van der Waals surface area (Å²) in [6, 6.07) is 77.5. The number of nitrogens with zero attached hydrogens (tertiary/aromatic N) is 1. The number of fused-ring (bicyclic) bond motifs is 4. The highest BCUT2D eigenvalue weighted by atomic mass is 15.1. The first kappa shape index (κ1) is 33.6. The van der Waals surface area contributed by atoms with Crippen LogP contribution >= 0.6 is 0 Å². The zero-order chi connectivity index (χ0) is 37.6. The average Bonchev–Trinajstić information content (AvgIpc) is 3.50. The molecule has 9 aromatic carbocycles. The summed E-state index contributed by atoms with van der Waals surface area (Å²) >= 11 is 0. The maximum Gasteiger partial charge on any atom is 0.0467 e. The minimum absolute atomic E-state index is 0.0904. The van der Waals surface area contributed by atoms with E-state index in [1.165, 1.54) is 77.5 Å². The molecular formula is C55H41N. The Morgan fingerprint density at radius 1 is 0.304 bits per heavy atom. The Morgan fingerprint density at radius 2 is 0.804 bits per heavy atom. The second-order valence-corrected chi connectivity index (χ2v) is 15.4. The number of hydrogen-bond acceptors (Lipinski definition) is 1. The van der Waals surface area contributed by atoms with Crippen molar-refractivity contribution in [3.8, 4) is 55.6 Å². The lowest BCUT2D eigenvalue weighted by Gasteiger charge is -2.27. The summed E-state index contributed by atoms with van der Waals surface area (Å²) in [6.45, 7) is 4.73. The topological polar surface area (TPSA) is 3.24 Å². The van der Waals surface area contributed by atoms with Crippen LogP contribution in [0.4, 0.5) is 17.1 Å². The van der Waals surface area contributed by atoms with Crippen LogP contribution < -0.4 is 4.90 Å². The molecule has 1 heteroatoms. The second-order valence-electron chi connectivity index (χ2n) is 15.4. The summed E-state index contributed by atoms with van der Waals surface area (Å²) in [5.74, 6) is 0. The molecule has 56 heavy (non-hydrogen) atoms. The van der Waals surface area contributed by atoms with Gasteiger partial charge in [0.1, 0.15) is 0 Å². The van der Waals surface area contributed by atoms with Gasteiger partial charge in [0.2, 0.25) is 0 Å². The van der Waals surface area contributed by atoms with Crippen LogP contribution in [0.1, 0.15) is 25.0 Å². The molecule has 0 heterocycles. The number of hydrogen-bond donors (Lipinski definition) is 0. The van der Waals surface area contributed by atoms with E-state index >= 15 is 0 Å². The van der Waals surface area contributed by atoms with Gasteiger partial charge in [0.25, 0.3) is 0 Å². The van der Waals surface area contributed by atoms with E-state index in [4.69, 9.17) is 0 Å². The van der Waals surface area contributed by atoms with E-state index in [1.807, 2.05) is 0 Å². The van der Waals surface area contributed by atoms with Crippen molar-refractivity contribution in [1.82, 2.24) is 0 Å². The Hall–Kier alpha value is -6.96. The molecule has 0 aliphatic heterocycles. The maximum absolute atomic E-state index is 2.40. The van der Waals surface area contributed by atoms with Crippen LogP contribution in [0.3, 0.4) is 0 Å². The SMILES string of the molecule is CC1(C)c2ccccc2-c2cccc(-c3ccc(N(c4cccc(-c5ccc6ccccc6c5)c4)c4cccc(-c5ccccc5-c5ccccc5)c4)cc3)c21. The minimum atomic E-state index is -0.0904. The third kappa shape index (κ3) is 5.81. The van der Waals surface area contributed by atoms with Gasteiger partial charge in [-0.15, -0.1) is 0 Å². The van der Waals surface area contributed by atoms with Gasteiger partial charge in [-0.1, -0.05) is 184 Å². The highest BCUT2D eigenvalue weighted by Crippen LogP contribution is 2.52. The predicted molar refractivity (Wildman–Crippen MR) is 238 cm³/mol. The maximum atomic E-state index is 2.40. The molecule has 1 nitrogen and oxygen atoms in total. The minimum Gasteiger partial charge on any atom is -0.310 e. The highest BCUT2D eigenvalue weighted by molar-refractivity contribution is 5.91. The molecule has 9 aromatic rings. The first-order valence-corrected chi connectivity index (χ1v) is 19.5. The van der Waals surface area contributed by atoms with Crippen molar-refractivity contribution in [2.45, 2.75) is 19.3 Å². The van der Waals surface area contributed by atoms with E-state index < -0.39 is 0 Å². The van der Waals surface area contributed by atoms with E-state index in [-0.39, 0.29) is 5.41 Å². The number of anilines is 3. The van der Waals surface area contributed by atoms with Crippen LogP contribution in [0.2, 0.25) is 0 Å². The van der Waals surface area contributed by atoms with Gasteiger partial charge < -0.3 is 4.90 Å². The molecule has 0 radical (unpaired) electrons. The van der Waals surface area contributed by atoms with E-state index in [1.54, 1.807) is 0 Å². The molecule has 0 N–H and O–H groups in total. The average molecular weight is 716 g/mol. The standard InChI is InChI=1S/C55H41N/c1-55(2)53-28-11-10-25-51(53)52-27-14-26-50(54(52)55)40-31-33-45(34-32-40)56(46-21-12-19-42(36-46)43-30-29-38-15-6-7-18-41(38)35-43)47-22-13-20-44(37-47)49-24-9-8-23-48(49)39-16-4-3-5-17-39/h3-37H,1-2H3. The van der Waals surface area contributed by atoms with Gasteiger partial charge in [0.15, 0.2) is 0 Å². The highest BCUT2D eigenvalue weighted by Gasteiger charge is 2.37. The molecule has 10 rings (SSSR count). The van der Waals surface area contributed by atoms with E-state index in [0.29, 0.717) is 0 Å². The molecule has 0 bridgehead atoms. The van der Waals surface area contributed by atoms with E-state index in [2.05, 4.69) is 231 Å². The Kier molecular flexibility index (Phi) is 8.23. The second kappa shape index (κ2) is 13.7. The molecule has 266 valence electrons. The fourth-order valence-corrected chi connectivity index (χ4v) is 8.94. The molecule has 0 atom stereocenters. The van der Waals surface area contributed by atoms with Crippen molar-refractivity contribution < 1.29 is 0 Å². The normalized spacial score (nSPS) is 12.6. The van der Waals surface area contributed by atoms with Crippen LogP contribution in [0.5, 0.6) is 0 Å². The monoisotopic (exact) mass is 715 g/mol. The summed E-state index contributed by atoms with van der Waals surface area (Å²) in [7, 11) is 0. The van der Waals surface area contributed by atoms with Crippen molar-refractivity contribution in [2.75, 3.05) is 4.90 Å². The predicted octanol–water partition coefficient (Wildman–Crippen LogP) is 15.3.